The molecule has 162 valence electrons. The summed E-state index contributed by atoms with van der Waals surface area (Å²) in [5, 5.41) is 0.879. The van der Waals surface area contributed by atoms with Crippen molar-refractivity contribution in [3.8, 4) is 5.75 Å². The molecule has 4 rings (SSSR count). The van der Waals surface area contributed by atoms with Gasteiger partial charge in [0.05, 0.1) is 18.4 Å². The topological polar surface area (TPSA) is 81.9 Å². The molecule has 31 heavy (non-hydrogen) atoms. The predicted molar refractivity (Wildman–Crippen MR) is 116 cm³/mol. The van der Waals surface area contributed by atoms with Crippen LogP contribution in [0, 0.1) is 0 Å². The zero-order valence-electron chi connectivity index (χ0n) is 17.6. The van der Waals surface area contributed by atoms with Crippen molar-refractivity contribution in [1.29, 1.82) is 0 Å². The number of piperidine rings is 1. The molecule has 1 unspecified atom stereocenters. The van der Waals surface area contributed by atoms with Crippen LogP contribution in [0.25, 0.3) is 11.0 Å². The Morgan fingerprint density at radius 1 is 1.26 bits per heavy atom. The molecule has 1 aromatic carbocycles. The number of carbonyl (C=O) groups excluding carboxylic acids is 1. The van der Waals surface area contributed by atoms with Crippen molar-refractivity contribution in [3.05, 3.63) is 70.3 Å². The van der Waals surface area contributed by atoms with Gasteiger partial charge in [0.1, 0.15) is 11.3 Å². The molecular weight excluding hydrogens is 396 g/mol. The van der Waals surface area contributed by atoms with Gasteiger partial charge in [0.2, 0.25) is 0 Å². The van der Waals surface area contributed by atoms with Gasteiger partial charge >= 0.3 is 5.63 Å². The summed E-state index contributed by atoms with van der Waals surface area (Å²) in [5.41, 5.74) is 1.89. The van der Waals surface area contributed by atoms with Crippen LogP contribution in [-0.2, 0) is 22.6 Å². The number of pyridine rings is 1. The first kappa shape index (κ1) is 21.1. The normalized spacial score (nSPS) is 16.4. The van der Waals surface area contributed by atoms with E-state index < -0.39 is 0 Å². The van der Waals surface area contributed by atoms with Crippen LogP contribution < -0.4 is 10.4 Å². The summed E-state index contributed by atoms with van der Waals surface area (Å²) in [4.78, 5) is 30.5. The molecule has 1 amide bonds. The van der Waals surface area contributed by atoms with E-state index in [1.807, 2.05) is 31.2 Å². The highest BCUT2D eigenvalue weighted by molar-refractivity contribution is 5.82. The molecule has 1 fully saturated rings. The second-order valence-corrected chi connectivity index (χ2v) is 7.63. The van der Waals surface area contributed by atoms with E-state index >= 15 is 0 Å². The number of aryl methyl sites for hydroxylation is 1. The Labute approximate surface area is 180 Å². The lowest BCUT2D eigenvalue weighted by Crippen LogP contribution is -2.45. The van der Waals surface area contributed by atoms with Crippen LogP contribution >= 0.6 is 0 Å². The number of hydrogen-bond acceptors (Lipinski definition) is 6. The third-order valence-corrected chi connectivity index (χ3v) is 5.47. The van der Waals surface area contributed by atoms with Crippen molar-refractivity contribution < 1.29 is 18.7 Å². The third-order valence-electron chi connectivity index (χ3n) is 5.47. The van der Waals surface area contributed by atoms with Crippen molar-refractivity contribution in [2.45, 2.75) is 38.9 Å². The summed E-state index contributed by atoms with van der Waals surface area (Å²) < 4.78 is 16.9. The van der Waals surface area contributed by atoms with Crippen LogP contribution in [0.5, 0.6) is 5.75 Å². The summed E-state index contributed by atoms with van der Waals surface area (Å²) >= 11 is 0. The van der Waals surface area contributed by atoms with Gasteiger partial charge in [-0.2, -0.15) is 0 Å². The zero-order valence-corrected chi connectivity index (χ0v) is 17.6. The molecule has 3 heterocycles. The van der Waals surface area contributed by atoms with Crippen LogP contribution in [-0.4, -0.2) is 41.6 Å². The van der Waals surface area contributed by atoms with Gasteiger partial charge in [-0.05, 0) is 49.1 Å². The number of ether oxygens (including phenoxy) is 2. The number of carbonyl (C=O) groups is 1. The van der Waals surface area contributed by atoms with Crippen molar-refractivity contribution >= 4 is 16.9 Å². The van der Waals surface area contributed by atoms with Crippen LogP contribution in [0.4, 0.5) is 0 Å². The fourth-order valence-corrected chi connectivity index (χ4v) is 3.82. The quantitative estimate of drug-likeness (QED) is 0.543. The minimum absolute atomic E-state index is 0.0119. The highest BCUT2D eigenvalue weighted by Gasteiger charge is 2.24. The first-order valence-corrected chi connectivity index (χ1v) is 10.6. The van der Waals surface area contributed by atoms with Gasteiger partial charge in [-0.25, -0.2) is 4.79 Å². The Morgan fingerprint density at radius 2 is 2.16 bits per heavy atom. The van der Waals surface area contributed by atoms with Crippen LogP contribution in [0.1, 0.15) is 31.0 Å². The molecule has 1 aliphatic heterocycles. The fraction of sp³-hybridized carbons (Fsp3) is 0.375. The van der Waals surface area contributed by atoms with Gasteiger partial charge < -0.3 is 18.8 Å². The van der Waals surface area contributed by atoms with Gasteiger partial charge in [-0.1, -0.05) is 13.0 Å². The molecule has 3 aromatic rings. The predicted octanol–water partition coefficient (Wildman–Crippen LogP) is 3.34. The molecule has 1 atom stereocenters. The average Bonchev–Trinajstić information content (AvgIpc) is 2.81. The van der Waals surface area contributed by atoms with Crippen LogP contribution in [0.3, 0.4) is 0 Å². The van der Waals surface area contributed by atoms with Crippen molar-refractivity contribution in [2.24, 2.45) is 0 Å². The van der Waals surface area contributed by atoms with Crippen LogP contribution in [0.2, 0.25) is 0 Å². The number of nitrogens with zero attached hydrogens (tertiary/aromatic N) is 2. The lowest BCUT2D eigenvalue weighted by atomic mass is 10.1. The second-order valence-electron chi connectivity index (χ2n) is 7.63. The van der Waals surface area contributed by atoms with E-state index in [4.69, 9.17) is 13.9 Å². The average molecular weight is 422 g/mol. The van der Waals surface area contributed by atoms with Crippen LogP contribution in [0.15, 0.2) is 57.9 Å². The molecule has 7 nitrogen and oxygen atoms in total. The van der Waals surface area contributed by atoms with Crippen molar-refractivity contribution in [1.82, 2.24) is 9.88 Å². The molecule has 0 saturated carbocycles. The van der Waals surface area contributed by atoms with Gasteiger partial charge in [0.25, 0.3) is 5.91 Å². The number of benzene rings is 1. The Balaban J connectivity index is 1.33. The van der Waals surface area contributed by atoms with Gasteiger partial charge in [0.15, 0.2) is 6.61 Å². The summed E-state index contributed by atoms with van der Waals surface area (Å²) in [5.74, 6) is 0.409. The van der Waals surface area contributed by atoms with E-state index in [0.717, 1.165) is 35.9 Å². The number of amides is 1. The van der Waals surface area contributed by atoms with Crippen molar-refractivity contribution in [3.63, 3.8) is 0 Å². The van der Waals surface area contributed by atoms with Gasteiger partial charge in [-0.15, -0.1) is 0 Å². The summed E-state index contributed by atoms with van der Waals surface area (Å²) in [7, 11) is 0. The number of rotatable bonds is 7. The third kappa shape index (κ3) is 5.30. The molecular formula is C24H26N2O5. The van der Waals surface area contributed by atoms with E-state index in [-0.39, 0.29) is 24.2 Å². The standard InChI is InChI=1S/C24H26N2O5/c1-2-17-12-24(28)31-22-13-19(8-9-21(17)22)30-16-23(27)26-11-5-7-20(14-26)29-15-18-6-3-4-10-25-18/h3-4,6,8-10,12-13,20H,2,5,7,11,14-16H2,1H3. The first-order valence-electron chi connectivity index (χ1n) is 10.6. The molecule has 0 radical (unpaired) electrons. The van der Waals surface area contributed by atoms with E-state index in [0.29, 0.717) is 31.0 Å². The Hall–Kier alpha value is -3.19. The maximum absolute atomic E-state index is 12.7. The lowest BCUT2D eigenvalue weighted by Gasteiger charge is -2.32. The molecule has 0 bridgehead atoms. The Morgan fingerprint density at radius 3 is 2.97 bits per heavy atom. The molecule has 0 spiro atoms. The first-order chi connectivity index (χ1) is 15.1. The van der Waals surface area contributed by atoms with Crippen molar-refractivity contribution in [2.75, 3.05) is 19.7 Å². The maximum atomic E-state index is 12.7. The lowest BCUT2D eigenvalue weighted by molar-refractivity contribution is -0.137. The van der Waals surface area contributed by atoms with Gasteiger partial charge in [-0.3, -0.25) is 9.78 Å². The van der Waals surface area contributed by atoms with E-state index in [1.54, 1.807) is 23.2 Å². The monoisotopic (exact) mass is 422 g/mol. The van der Waals surface area contributed by atoms with E-state index in [9.17, 15) is 9.59 Å². The maximum Gasteiger partial charge on any atom is 0.336 e. The smallest absolute Gasteiger partial charge is 0.336 e. The van der Waals surface area contributed by atoms with E-state index in [1.165, 1.54) is 6.07 Å². The molecule has 1 saturated heterocycles. The Kier molecular flexibility index (Phi) is 6.62. The van der Waals surface area contributed by atoms with E-state index in [2.05, 4.69) is 4.98 Å². The number of fused-ring (bicyclic) bond motifs is 1. The summed E-state index contributed by atoms with van der Waals surface area (Å²) in [6.07, 6.45) is 4.27. The van der Waals surface area contributed by atoms with Gasteiger partial charge in [0, 0.05) is 36.8 Å². The second kappa shape index (κ2) is 9.75. The SMILES string of the molecule is CCc1cc(=O)oc2cc(OCC(=O)N3CCCC(OCc4ccccn4)C3)ccc12. The highest BCUT2D eigenvalue weighted by Crippen LogP contribution is 2.23. The molecule has 2 aromatic heterocycles. The molecule has 0 aliphatic carbocycles. The Bertz CT molecular complexity index is 1100. The number of aromatic nitrogens is 1. The zero-order chi connectivity index (χ0) is 21.6. The number of likely N-dealkylation sites (tertiary alicyclic amines) is 1. The minimum Gasteiger partial charge on any atom is -0.484 e. The largest absolute Gasteiger partial charge is 0.484 e. The fourth-order valence-electron chi connectivity index (χ4n) is 3.82. The molecule has 1 aliphatic rings. The molecule has 7 heteroatoms. The summed E-state index contributed by atoms with van der Waals surface area (Å²) in [6.45, 7) is 3.59. The molecule has 0 N–H and O–H groups in total. The number of hydrogen-bond donors (Lipinski definition) is 0. The minimum atomic E-state index is -0.386. The highest BCUT2D eigenvalue weighted by atomic mass is 16.5. The summed E-state index contributed by atoms with van der Waals surface area (Å²) in [6, 6.07) is 12.6.